The van der Waals surface area contributed by atoms with Crippen LogP contribution in [0.2, 0.25) is 0 Å². The van der Waals surface area contributed by atoms with E-state index in [1.165, 1.54) is 19.3 Å². The minimum atomic E-state index is -0.850. The van der Waals surface area contributed by atoms with Crippen molar-refractivity contribution in [2.75, 3.05) is 7.11 Å². The average Bonchev–Trinajstić information content (AvgIpc) is 2.64. The van der Waals surface area contributed by atoms with Crippen molar-refractivity contribution in [2.24, 2.45) is 0 Å². The monoisotopic (exact) mass is 358 g/mol. The second kappa shape index (κ2) is 9.07. The van der Waals surface area contributed by atoms with Crippen molar-refractivity contribution in [3.05, 3.63) is 75.3 Å². The van der Waals surface area contributed by atoms with Crippen molar-refractivity contribution in [3.8, 4) is 11.5 Å². The van der Waals surface area contributed by atoms with Crippen LogP contribution in [0.15, 0.2) is 48.5 Å². The number of hydrogen-bond acceptors (Lipinski definition) is 6. The number of carbonyl (C=O) groups is 1. The third-order valence-corrected chi connectivity index (χ3v) is 3.43. The molecule has 26 heavy (non-hydrogen) atoms. The van der Waals surface area contributed by atoms with Crippen LogP contribution in [0.3, 0.4) is 0 Å². The predicted molar refractivity (Wildman–Crippen MR) is 93.8 cm³/mol. The fourth-order valence-electron chi connectivity index (χ4n) is 2.17. The number of phenols is 1. The molecule has 0 aliphatic heterocycles. The van der Waals surface area contributed by atoms with Gasteiger partial charge in [-0.15, -0.1) is 10.1 Å². The molecule has 0 radical (unpaired) electrons. The molecule has 0 unspecified atom stereocenters. The SMILES string of the molecule is COc1cc(/C=C/C(=O)NCc2cccc(CO[N+](=O)[O-])c2)ccc1O. The standard InChI is InChI=1S/C18H18N2O6/c1-25-17-10-13(5-7-16(17)21)6-8-18(22)19-11-14-3-2-4-15(9-14)12-26-20(23)24/h2-10,21H,11-12H2,1H3,(H,19,22)/b8-6+. The van der Waals surface area contributed by atoms with Crippen molar-refractivity contribution in [1.29, 1.82) is 0 Å². The Hall–Kier alpha value is -3.55. The maximum Gasteiger partial charge on any atom is 0.294 e. The molecule has 0 aromatic heterocycles. The molecule has 0 aliphatic carbocycles. The minimum Gasteiger partial charge on any atom is -0.504 e. The number of rotatable bonds is 8. The molecule has 8 nitrogen and oxygen atoms in total. The van der Waals surface area contributed by atoms with Crippen LogP contribution in [0.4, 0.5) is 0 Å². The van der Waals surface area contributed by atoms with E-state index in [0.29, 0.717) is 16.9 Å². The van der Waals surface area contributed by atoms with Gasteiger partial charge in [0.1, 0.15) is 6.61 Å². The lowest BCUT2D eigenvalue weighted by molar-refractivity contribution is -0.763. The molecule has 0 spiro atoms. The van der Waals surface area contributed by atoms with Gasteiger partial charge in [0.05, 0.1) is 7.11 Å². The first-order valence-corrected chi connectivity index (χ1v) is 7.66. The summed E-state index contributed by atoms with van der Waals surface area (Å²) in [6.07, 6.45) is 2.96. The first kappa shape index (κ1) is 18.8. The topological polar surface area (TPSA) is 111 Å². The number of hydrogen-bond donors (Lipinski definition) is 2. The van der Waals surface area contributed by atoms with Crippen LogP contribution in [0, 0.1) is 10.1 Å². The first-order valence-electron chi connectivity index (χ1n) is 7.66. The number of ether oxygens (including phenoxy) is 1. The summed E-state index contributed by atoms with van der Waals surface area (Å²) in [7, 11) is 1.44. The molecule has 0 atom stereocenters. The molecule has 8 heteroatoms. The molecular weight excluding hydrogens is 340 g/mol. The van der Waals surface area contributed by atoms with Crippen LogP contribution in [-0.4, -0.2) is 23.2 Å². The molecule has 1 amide bonds. The van der Waals surface area contributed by atoms with Crippen LogP contribution < -0.4 is 10.1 Å². The Balaban J connectivity index is 1.90. The number of nitrogens with one attached hydrogen (secondary N) is 1. The Bertz CT molecular complexity index is 819. The van der Waals surface area contributed by atoms with Gasteiger partial charge in [0, 0.05) is 12.6 Å². The van der Waals surface area contributed by atoms with Gasteiger partial charge in [0.25, 0.3) is 5.09 Å². The minimum absolute atomic E-state index is 0.0232. The van der Waals surface area contributed by atoms with E-state index in [1.54, 1.807) is 42.5 Å². The highest BCUT2D eigenvalue weighted by atomic mass is 16.9. The van der Waals surface area contributed by atoms with Gasteiger partial charge in [-0.25, -0.2) is 0 Å². The third-order valence-electron chi connectivity index (χ3n) is 3.43. The lowest BCUT2D eigenvalue weighted by Crippen LogP contribution is -2.20. The maximum atomic E-state index is 11.9. The zero-order chi connectivity index (χ0) is 18.9. The largest absolute Gasteiger partial charge is 0.504 e. The van der Waals surface area contributed by atoms with Crippen molar-refractivity contribution < 1.29 is 24.6 Å². The Labute approximate surface area is 149 Å². The summed E-state index contributed by atoms with van der Waals surface area (Å²) in [6.45, 7) is 0.131. The van der Waals surface area contributed by atoms with Crippen LogP contribution in [-0.2, 0) is 22.8 Å². The molecule has 0 saturated carbocycles. The highest BCUT2D eigenvalue weighted by Crippen LogP contribution is 2.26. The van der Waals surface area contributed by atoms with Crippen LogP contribution in [0.5, 0.6) is 11.5 Å². The van der Waals surface area contributed by atoms with Gasteiger partial charge in [0.2, 0.25) is 5.91 Å². The number of carbonyl (C=O) groups excluding carboxylic acids is 1. The molecule has 0 saturated heterocycles. The molecule has 0 aliphatic rings. The first-order chi connectivity index (χ1) is 12.5. The van der Waals surface area contributed by atoms with E-state index in [2.05, 4.69) is 10.2 Å². The second-order valence-corrected chi connectivity index (χ2v) is 5.30. The van der Waals surface area contributed by atoms with Crippen LogP contribution in [0.1, 0.15) is 16.7 Å². The van der Waals surface area contributed by atoms with Gasteiger partial charge in [-0.3, -0.25) is 4.79 Å². The average molecular weight is 358 g/mol. The zero-order valence-electron chi connectivity index (χ0n) is 14.0. The van der Waals surface area contributed by atoms with Gasteiger partial charge in [0.15, 0.2) is 11.5 Å². The summed E-state index contributed by atoms with van der Waals surface area (Å²) in [5.41, 5.74) is 2.14. The van der Waals surface area contributed by atoms with Crippen molar-refractivity contribution in [2.45, 2.75) is 13.2 Å². The highest BCUT2D eigenvalue weighted by Gasteiger charge is 2.03. The summed E-state index contributed by atoms with van der Waals surface area (Å²) in [6, 6.07) is 11.7. The van der Waals surface area contributed by atoms with Gasteiger partial charge < -0.3 is 20.0 Å². The Kier molecular flexibility index (Phi) is 6.55. The molecular formula is C18H18N2O6. The number of phenolic OH excluding ortho intramolecular Hbond substituents is 1. The van der Waals surface area contributed by atoms with Crippen molar-refractivity contribution in [1.82, 2.24) is 5.32 Å². The fourth-order valence-corrected chi connectivity index (χ4v) is 2.17. The van der Waals surface area contributed by atoms with Gasteiger partial charge in [-0.2, -0.15) is 0 Å². The Morgan fingerprint density at radius 3 is 2.77 bits per heavy atom. The number of aromatic hydroxyl groups is 1. The predicted octanol–water partition coefficient (Wildman–Crippen LogP) is 2.44. The summed E-state index contributed by atoms with van der Waals surface area (Å²) >= 11 is 0. The summed E-state index contributed by atoms with van der Waals surface area (Å²) < 4.78 is 5.01. The molecule has 136 valence electrons. The van der Waals surface area contributed by atoms with Crippen molar-refractivity contribution >= 4 is 12.0 Å². The number of nitrogens with zero attached hydrogens (tertiary/aromatic N) is 1. The molecule has 2 rings (SSSR count). The quantitative estimate of drug-likeness (QED) is 0.426. The van der Waals surface area contributed by atoms with E-state index < -0.39 is 5.09 Å². The Morgan fingerprint density at radius 1 is 1.27 bits per heavy atom. The van der Waals surface area contributed by atoms with Crippen LogP contribution >= 0.6 is 0 Å². The van der Waals surface area contributed by atoms with E-state index in [9.17, 15) is 20.0 Å². The smallest absolute Gasteiger partial charge is 0.294 e. The lowest BCUT2D eigenvalue weighted by Gasteiger charge is -2.06. The normalized spacial score (nSPS) is 10.5. The summed E-state index contributed by atoms with van der Waals surface area (Å²) in [5.74, 6) is 0.0420. The van der Waals surface area contributed by atoms with E-state index in [1.807, 2.05) is 0 Å². The van der Waals surface area contributed by atoms with Gasteiger partial charge in [-0.1, -0.05) is 30.3 Å². The maximum absolute atomic E-state index is 11.9. The molecule has 2 aromatic carbocycles. The molecule has 2 N–H and O–H groups in total. The highest BCUT2D eigenvalue weighted by molar-refractivity contribution is 5.91. The number of amides is 1. The summed E-state index contributed by atoms with van der Waals surface area (Å²) in [4.78, 5) is 26.5. The lowest BCUT2D eigenvalue weighted by atomic mass is 10.1. The molecule has 2 aromatic rings. The van der Waals surface area contributed by atoms with E-state index in [4.69, 9.17) is 4.74 Å². The molecule has 0 heterocycles. The molecule has 0 bridgehead atoms. The van der Waals surface area contributed by atoms with Gasteiger partial charge in [-0.05, 0) is 34.9 Å². The fraction of sp³-hybridized carbons (Fsp3) is 0.167. The number of benzene rings is 2. The van der Waals surface area contributed by atoms with Crippen LogP contribution in [0.25, 0.3) is 6.08 Å². The van der Waals surface area contributed by atoms with E-state index in [0.717, 1.165) is 5.56 Å². The van der Waals surface area contributed by atoms with Gasteiger partial charge >= 0.3 is 0 Å². The van der Waals surface area contributed by atoms with E-state index in [-0.39, 0.29) is 24.8 Å². The van der Waals surface area contributed by atoms with Crippen molar-refractivity contribution in [3.63, 3.8) is 0 Å². The van der Waals surface area contributed by atoms with E-state index >= 15 is 0 Å². The molecule has 0 fully saturated rings. The summed E-state index contributed by atoms with van der Waals surface area (Å²) in [5, 5.41) is 21.6. The zero-order valence-corrected chi connectivity index (χ0v) is 14.0. The third kappa shape index (κ3) is 5.82. The Morgan fingerprint density at radius 2 is 2.04 bits per heavy atom. The number of methoxy groups -OCH3 is 1. The second-order valence-electron chi connectivity index (χ2n) is 5.30.